The van der Waals surface area contributed by atoms with Crippen molar-refractivity contribution in [3.8, 4) is 22.1 Å². The van der Waals surface area contributed by atoms with Gasteiger partial charge >= 0.3 is 6.03 Å². The van der Waals surface area contributed by atoms with Crippen LogP contribution < -0.4 is 30.7 Å². The average Bonchev–Trinajstić information content (AvgIpc) is 3.50. The Morgan fingerprint density at radius 1 is 1.14 bits per heavy atom. The van der Waals surface area contributed by atoms with Gasteiger partial charge < -0.3 is 35.6 Å². The SMILES string of the molecule is C=C[C@@H]1C[C@]1(NC(=O)[C@@H]1C[C@@H](Oc2cc(-c3cnc(NC(C)=O)s3)nc3c(C)c(OC)ccc23)CN1C(=O)[C@@H](NC(=O)NC1(C)CCCC1)C(C)(C)C)C(=O)CBr. The largest absolute Gasteiger partial charge is 0.496 e. The van der Waals surface area contributed by atoms with E-state index < -0.39 is 47.0 Å². The number of rotatable bonds is 13. The van der Waals surface area contributed by atoms with Gasteiger partial charge in [-0.15, -0.1) is 6.58 Å². The Balaban J connectivity index is 1.35. The number of nitrogens with one attached hydrogen (secondary N) is 4. The second-order valence-corrected chi connectivity index (χ2v) is 18.3. The Labute approximate surface area is 345 Å². The number of fused-ring (bicyclic) bond motifs is 1. The highest BCUT2D eigenvalue weighted by molar-refractivity contribution is 9.09. The van der Waals surface area contributed by atoms with Crippen LogP contribution in [0.15, 0.2) is 37.1 Å². The first-order valence-electron chi connectivity index (χ1n) is 19.2. The number of aromatic nitrogens is 2. The predicted octanol–water partition coefficient (Wildman–Crippen LogP) is 6.05. The van der Waals surface area contributed by atoms with Crippen LogP contribution in [0.25, 0.3) is 21.5 Å². The minimum absolute atomic E-state index is 0.0241. The molecule has 2 saturated carbocycles. The molecule has 306 valence electrons. The van der Waals surface area contributed by atoms with Gasteiger partial charge in [-0.2, -0.15) is 0 Å². The van der Waals surface area contributed by atoms with Gasteiger partial charge in [0, 0.05) is 48.0 Å². The molecule has 4 N–H and O–H groups in total. The van der Waals surface area contributed by atoms with Crippen molar-refractivity contribution in [2.75, 3.05) is 24.3 Å². The van der Waals surface area contributed by atoms with Crippen LogP contribution in [0, 0.1) is 18.3 Å². The fourth-order valence-corrected chi connectivity index (χ4v) is 9.37. The number of nitrogens with zero attached hydrogens (tertiary/aromatic N) is 3. The molecule has 0 bridgehead atoms. The summed E-state index contributed by atoms with van der Waals surface area (Å²) in [4.78, 5) is 79.0. The lowest BCUT2D eigenvalue weighted by Crippen LogP contribution is -2.61. The number of likely N-dealkylation sites (tertiary alicyclic amines) is 1. The number of amides is 5. The van der Waals surface area contributed by atoms with E-state index in [-0.39, 0.29) is 41.4 Å². The fourth-order valence-electron chi connectivity index (χ4n) is 8.04. The summed E-state index contributed by atoms with van der Waals surface area (Å²) in [6.07, 6.45) is 6.86. The van der Waals surface area contributed by atoms with E-state index in [1.165, 1.54) is 23.2 Å². The summed E-state index contributed by atoms with van der Waals surface area (Å²) in [5.41, 5.74) is -0.282. The summed E-state index contributed by atoms with van der Waals surface area (Å²) in [5, 5.41) is 12.9. The molecule has 3 aromatic rings. The third kappa shape index (κ3) is 8.81. The first kappa shape index (κ1) is 42.0. The Bertz CT molecular complexity index is 2090. The topological polar surface area (TPSA) is 181 Å². The molecule has 2 aromatic heterocycles. The highest BCUT2D eigenvalue weighted by Gasteiger charge is 2.60. The number of hydrogen-bond donors (Lipinski definition) is 4. The van der Waals surface area contributed by atoms with Gasteiger partial charge in [0.25, 0.3) is 0 Å². The quantitative estimate of drug-likeness (QED) is 0.118. The Morgan fingerprint density at radius 2 is 1.86 bits per heavy atom. The van der Waals surface area contributed by atoms with Crippen LogP contribution in [0.2, 0.25) is 0 Å². The number of urea groups is 1. The number of aryl methyl sites for hydroxylation is 1. The number of anilines is 1. The Morgan fingerprint density at radius 3 is 2.47 bits per heavy atom. The summed E-state index contributed by atoms with van der Waals surface area (Å²) < 4.78 is 12.4. The van der Waals surface area contributed by atoms with Crippen molar-refractivity contribution in [2.45, 2.75) is 109 Å². The number of ketones is 1. The van der Waals surface area contributed by atoms with Crippen LogP contribution in [0.4, 0.5) is 9.93 Å². The van der Waals surface area contributed by atoms with E-state index in [1.807, 2.05) is 46.8 Å². The standard InChI is InChI=1S/C41H52BrN7O7S/c1-9-24-18-41(24,32(51)19-42)47-35(52)28-16-25(21-49(28)36(53)34(39(4,5)6)46-37(54)48-40(7)14-10-11-15-40)56-30-17-27(31-20-43-38(57-31)44-23(3)50)45-33-22(2)29(55-8)13-12-26(30)33/h9,12-13,17,20,24-25,28,34H,1,10-11,14-16,18-19,21H2,2-8H3,(H,47,52)(H,43,44,50)(H2,46,48,54)/t24-,25-,28+,34-,41-/m1/s1. The maximum absolute atomic E-state index is 14.8. The molecule has 16 heteroatoms. The number of ether oxygens (including phenoxy) is 2. The number of methoxy groups -OCH3 is 1. The molecule has 2 aliphatic carbocycles. The molecule has 1 aliphatic heterocycles. The van der Waals surface area contributed by atoms with Gasteiger partial charge in [0.05, 0.1) is 35.1 Å². The molecule has 5 amide bonds. The maximum atomic E-state index is 14.8. The van der Waals surface area contributed by atoms with Gasteiger partial charge in [-0.05, 0) is 50.7 Å². The molecule has 14 nitrogen and oxygen atoms in total. The van der Waals surface area contributed by atoms with E-state index in [2.05, 4.69) is 48.8 Å². The van der Waals surface area contributed by atoms with E-state index in [0.717, 1.165) is 31.2 Å². The molecule has 0 spiro atoms. The van der Waals surface area contributed by atoms with Crippen molar-refractivity contribution in [3.05, 3.63) is 42.6 Å². The first-order chi connectivity index (χ1) is 26.9. The zero-order valence-electron chi connectivity index (χ0n) is 33.5. The van der Waals surface area contributed by atoms with Gasteiger partial charge in [0.15, 0.2) is 10.9 Å². The summed E-state index contributed by atoms with van der Waals surface area (Å²) in [6.45, 7) is 14.8. The molecule has 0 unspecified atom stereocenters. The molecular formula is C41H52BrN7O7S. The second-order valence-electron chi connectivity index (χ2n) is 16.7. The lowest BCUT2D eigenvalue weighted by molar-refractivity contribution is -0.142. The number of hydrogen-bond acceptors (Lipinski definition) is 10. The molecule has 3 aliphatic rings. The van der Waals surface area contributed by atoms with Crippen LogP contribution >= 0.6 is 27.3 Å². The van der Waals surface area contributed by atoms with Crippen LogP contribution in [0.5, 0.6) is 11.5 Å². The number of alkyl halides is 1. The van der Waals surface area contributed by atoms with Crippen molar-refractivity contribution in [1.29, 1.82) is 0 Å². The smallest absolute Gasteiger partial charge is 0.315 e. The number of carbonyl (C=O) groups excluding carboxylic acids is 5. The number of benzene rings is 1. The van der Waals surface area contributed by atoms with Gasteiger partial charge in [-0.3, -0.25) is 19.2 Å². The van der Waals surface area contributed by atoms with Crippen LogP contribution in [-0.4, -0.2) is 92.7 Å². The van der Waals surface area contributed by atoms with Crippen molar-refractivity contribution < 1.29 is 33.4 Å². The van der Waals surface area contributed by atoms with Crippen molar-refractivity contribution in [2.24, 2.45) is 11.3 Å². The molecule has 0 radical (unpaired) electrons. The summed E-state index contributed by atoms with van der Waals surface area (Å²) in [7, 11) is 1.58. The zero-order chi connectivity index (χ0) is 41.4. The van der Waals surface area contributed by atoms with E-state index >= 15 is 0 Å². The van der Waals surface area contributed by atoms with Crippen molar-refractivity contribution in [1.82, 2.24) is 30.8 Å². The minimum Gasteiger partial charge on any atom is -0.496 e. The van der Waals surface area contributed by atoms with E-state index in [1.54, 1.807) is 25.4 Å². The highest BCUT2D eigenvalue weighted by Crippen LogP contribution is 2.46. The van der Waals surface area contributed by atoms with Gasteiger partial charge in [0.2, 0.25) is 17.7 Å². The third-order valence-corrected chi connectivity index (χ3v) is 12.8. The summed E-state index contributed by atoms with van der Waals surface area (Å²) >= 11 is 4.53. The van der Waals surface area contributed by atoms with Gasteiger partial charge in [-0.25, -0.2) is 14.8 Å². The molecule has 3 fully saturated rings. The molecule has 5 atom stereocenters. The van der Waals surface area contributed by atoms with Crippen molar-refractivity contribution in [3.63, 3.8) is 0 Å². The fraction of sp³-hybridized carbons (Fsp3) is 0.537. The number of halogens is 1. The lowest BCUT2D eigenvalue weighted by Gasteiger charge is -2.36. The number of Topliss-reactive ketones (excluding diaryl/α,β-unsaturated/α-hetero) is 1. The van der Waals surface area contributed by atoms with Gasteiger partial charge in [-0.1, -0.05) is 67.0 Å². The molecule has 1 aromatic carbocycles. The minimum atomic E-state index is -1.12. The Hall–Kier alpha value is -4.57. The number of carbonyl (C=O) groups is 5. The summed E-state index contributed by atoms with van der Waals surface area (Å²) in [5.74, 6) is -0.498. The normalized spacial score (nSPS) is 23.0. The zero-order valence-corrected chi connectivity index (χ0v) is 35.9. The summed E-state index contributed by atoms with van der Waals surface area (Å²) in [6, 6.07) is 3.01. The second kappa shape index (κ2) is 16.4. The molecule has 57 heavy (non-hydrogen) atoms. The lowest BCUT2D eigenvalue weighted by atomic mass is 9.85. The third-order valence-electron chi connectivity index (χ3n) is 11.3. The van der Waals surface area contributed by atoms with E-state index in [0.29, 0.717) is 44.5 Å². The first-order valence-corrected chi connectivity index (χ1v) is 21.2. The monoisotopic (exact) mass is 865 g/mol. The number of thiazole rings is 1. The molecule has 3 heterocycles. The van der Waals surface area contributed by atoms with Crippen LogP contribution in [0.3, 0.4) is 0 Å². The Kier molecular flexibility index (Phi) is 12.1. The molecule has 1 saturated heterocycles. The molecule has 6 rings (SSSR count). The predicted molar refractivity (Wildman–Crippen MR) is 223 cm³/mol. The molecular weight excluding hydrogens is 814 g/mol. The van der Waals surface area contributed by atoms with Crippen molar-refractivity contribution >= 4 is 72.8 Å². The maximum Gasteiger partial charge on any atom is 0.315 e. The van der Waals surface area contributed by atoms with E-state index in [4.69, 9.17) is 14.5 Å². The average molecular weight is 867 g/mol. The van der Waals surface area contributed by atoms with Gasteiger partial charge in [0.1, 0.15) is 35.2 Å². The number of pyridine rings is 1. The highest BCUT2D eigenvalue weighted by atomic mass is 79.9. The van der Waals surface area contributed by atoms with Crippen LogP contribution in [-0.2, 0) is 19.2 Å². The van der Waals surface area contributed by atoms with E-state index in [9.17, 15) is 24.0 Å². The van der Waals surface area contributed by atoms with Crippen LogP contribution in [0.1, 0.15) is 78.7 Å².